The number of ether oxygens (including phenoxy) is 4. The average molecular weight is 374 g/mol. The Labute approximate surface area is 152 Å². The maximum absolute atomic E-state index is 11.6. The molecular weight excluding hydrogens is 348 g/mol. The molecule has 0 aliphatic heterocycles. The van der Waals surface area contributed by atoms with Gasteiger partial charge < -0.3 is 29.6 Å². The Morgan fingerprint density at radius 1 is 0.769 bits per heavy atom. The number of nitrogens with one attached hydrogen (secondary N) is 2. The molecule has 10 nitrogen and oxygen atoms in total. The summed E-state index contributed by atoms with van der Waals surface area (Å²) in [5.41, 5.74) is 0. The smallest absolute Gasteiger partial charge is 0.331 e. The van der Waals surface area contributed by atoms with Gasteiger partial charge in [0.05, 0.1) is 13.2 Å². The molecule has 0 radical (unpaired) electrons. The molecule has 0 rings (SSSR count). The van der Waals surface area contributed by atoms with Crippen LogP contribution in [0.5, 0.6) is 0 Å². The van der Waals surface area contributed by atoms with Crippen molar-refractivity contribution >= 4 is 23.8 Å². The van der Waals surface area contributed by atoms with E-state index in [0.717, 1.165) is 12.2 Å². The second-order valence-electron chi connectivity index (χ2n) is 5.06. The van der Waals surface area contributed by atoms with Crippen LogP contribution < -0.4 is 10.6 Å². The third kappa shape index (κ3) is 11.2. The van der Waals surface area contributed by atoms with Crippen LogP contribution in [0.4, 0.5) is 0 Å². The Morgan fingerprint density at radius 3 is 1.42 bits per heavy atom. The van der Waals surface area contributed by atoms with Crippen molar-refractivity contribution in [3.05, 3.63) is 12.2 Å². The first kappa shape index (κ1) is 23.5. The molecule has 0 aliphatic carbocycles. The molecule has 0 aromatic rings. The molecule has 2 atom stereocenters. The highest BCUT2D eigenvalue weighted by atomic mass is 16.6. The Bertz CT molecular complexity index is 462. The van der Waals surface area contributed by atoms with Crippen LogP contribution in [0.25, 0.3) is 0 Å². The number of methoxy groups -OCH3 is 2. The van der Waals surface area contributed by atoms with Gasteiger partial charge in [0.25, 0.3) is 11.8 Å². The number of carbonyl (C=O) groups excluding carboxylic acids is 4. The van der Waals surface area contributed by atoms with Crippen molar-refractivity contribution < 1.29 is 38.1 Å². The zero-order chi connectivity index (χ0) is 19.9. The highest BCUT2D eigenvalue weighted by molar-refractivity contribution is 5.94. The molecule has 0 saturated carbocycles. The second kappa shape index (κ2) is 13.8. The first-order valence-electron chi connectivity index (χ1n) is 7.94. The van der Waals surface area contributed by atoms with Crippen LogP contribution in [0.15, 0.2) is 12.2 Å². The number of carbonyl (C=O) groups is 4. The second-order valence-corrected chi connectivity index (χ2v) is 5.06. The van der Waals surface area contributed by atoms with E-state index in [-0.39, 0.29) is 13.1 Å². The van der Waals surface area contributed by atoms with Gasteiger partial charge in [0, 0.05) is 39.5 Å². The van der Waals surface area contributed by atoms with E-state index in [1.165, 1.54) is 28.1 Å². The fourth-order valence-electron chi connectivity index (χ4n) is 1.51. The molecule has 0 saturated heterocycles. The summed E-state index contributed by atoms with van der Waals surface area (Å²) in [6, 6.07) is 0. The molecule has 2 N–H and O–H groups in total. The largest absolute Gasteiger partial charge is 0.449 e. The normalized spacial score (nSPS) is 12.9. The minimum atomic E-state index is -1.04. The van der Waals surface area contributed by atoms with Gasteiger partial charge in [-0.2, -0.15) is 0 Å². The SMILES string of the molecule is COCCNC(=O)[C@H](C)OC(=O)/C=C/C(=O)O[C@@H](C)C(=O)NCCOC. The number of esters is 2. The van der Waals surface area contributed by atoms with Crippen molar-refractivity contribution in [3.8, 4) is 0 Å². The third-order valence-corrected chi connectivity index (χ3v) is 2.89. The van der Waals surface area contributed by atoms with Gasteiger partial charge in [0.1, 0.15) is 0 Å². The van der Waals surface area contributed by atoms with Crippen LogP contribution in [0, 0.1) is 0 Å². The Kier molecular flexibility index (Phi) is 12.5. The van der Waals surface area contributed by atoms with Crippen LogP contribution >= 0.6 is 0 Å². The van der Waals surface area contributed by atoms with Crippen LogP contribution in [0.2, 0.25) is 0 Å². The fourth-order valence-corrected chi connectivity index (χ4v) is 1.51. The minimum Gasteiger partial charge on any atom is -0.449 e. The van der Waals surface area contributed by atoms with Crippen LogP contribution in [-0.4, -0.2) is 76.5 Å². The molecule has 0 fully saturated rings. The lowest BCUT2D eigenvalue weighted by atomic mass is 10.3. The van der Waals surface area contributed by atoms with Gasteiger partial charge in [-0.15, -0.1) is 0 Å². The molecule has 0 unspecified atom stereocenters. The topological polar surface area (TPSA) is 129 Å². The molecule has 10 heteroatoms. The Hall–Kier alpha value is -2.46. The van der Waals surface area contributed by atoms with Crippen molar-refractivity contribution in [2.24, 2.45) is 0 Å². The van der Waals surface area contributed by atoms with Gasteiger partial charge in [-0.1, -0.05) is 0 Å². The van der Waals surface area contributed by atoms with Crippen molar-refractivity contribution in [2.45, 2.75) is 26.1 Å². The monoisotopic (exact) mass is 374 g/mol. The van der Waals surface area contributed by atoms with E-state index in [9.17, 15) is 19.2 Å². The van der Waals surface area contributed by atoms with E-state index >= 15 is 0 Å². The van der Waals surface area contributed by atoms with E-state index in [1.807, 2.05) is 0 Å². The van der Waals surface area contributed by atoms with Gasteiger partial charge in [-0.25, -0.2) is 9.59 Å². The molecular formula is C16H26N2O8. The standard InChI is InChI=1S/C16H26N2O8/c1-11(15(21)17-7-9-23-3)25-13(19)5-6-14(20)26-12(2)16(22)18-8-10-24-4/h5-6,11-12H,7-10H2,1-4H3,(H,17,21)(H,18,22)/b6-5+/t11-,12-/m0/s1. The maximum Gasteiger partial charge on any atom is 0.331 e. The minimum absolute atomic E-state index is 0.281. The molecule has 148 valence electrons. The summed E-state index contributed by atoms with van der Waals surface area (Å²) in [5.74, 6) is -2.78. The summed E-state index contributed by atoms with van der Waals surface area (Å²) in [5, 5.41) is 5.01. The molecule has 0 aromatic heterocycles. The van der Waals surface area contributed by atoms with E-state index in [4.69, 9.17) is 18.9 Å². The summed E-state index contributed by atoms with van der Waals surface area (Å²) in [6.45, 7) is 4.00. The first-order valence-corrected chi connectivity index (χ1v) is 7.94. The third-order valence-electron chi connectivity index (χ3n) is 2.89. The fraction of sp³-hybridized carbons (Fsp3) is 0.625. The van der Waals surface area contributed by atoms with E-state index < -0.39 is 36.0 Å². The van der Waals surface area contributed by atoms with Crippen molar-refractivity contribution in [1.82, 2.24) is 10.6 Å². The van der Waals surface area contributed by atoms with Crippen molar-refractivity contribution in [2.75, 3.05) is 40.5 Å². The van der Waals surface area contributed by atoms with Crippen LogP contribution in [0.1, 0.15) is 13.8 Å². The van der Waals surface area contributed by atoms with Gasteiger partial charge >= 0.3 is 11.9 Å². The predicted octanol–water partition coefficient (Wildman–Crippen LogP) is -1.07. The molecule has 2 amide bonds. The molecule has 0 aliphatic rings. The van der Waals surface area contributed by atoms with E-state index in [1.54, 1.807) is 0 Å². The first-order chi connectivity index (χ1) is 12.3. The number of hydrogen-bond donors (Lipinski definition) is 2. The molecule has 0 heterocycles. The summed E-state index contributed by atoms with van der Waals surface area (Å²) >= 11 is 0. The quantitative estimate of drug-likeness (QED) is 0.251. The van der Waals surface area contributed by atoms with Crippen molar-refractivity contribution in [3.63, 3.8) is 0 Å². The number of amides is 2. The molecule has 0 spiro atoms. The molecule has 0 aromatic carbocycles. The number of rotatable bonds is 12. The van der Waals surface area contributed by atoms with Crippen LogP contribution in [-0.2, 0) is 38.1 Å². The lowest BCUT2D eigenvalue weighted by Crippen LogP contribution is -2.37. The summed E-state index contributed by atoms with van der Waals surface area (Å²) in [6.07, 6.45) is -0.441. The van der Waals surface area contributed by atoms with E-state index in [2.05, 4.69) is 10.6 Å². The van der Waals surface area contributed by atoms with Gasteiger partial charge in [0.15, 0.2) is 12.2 Å². The van der Waals surface area contributed by atoms with Gasteiger partial charge in [0.2, 0.25) is 0 Å². The zero-order valence-corrected chi connectivity index (χ0v) is 15.4. The zero-order valence-electron chi connectivity index (χ0n) is 15.4. The summed E-state index contributed by atoms with van der Waals surface area (Å²) in [4.78, 5) is 46.4. The average Bonchev–Trinajstić information content (AvgIpc) is 2.60. The maximum atomic E-state index is 11.6. The van der Waals surface area contributed by atoms with E-state index in [0.29, 0.717) is 13.2 Å². The van der Waals surface area contributed by atoms with Gasteiger partial charge in [-0.3, -0.25) is 9.59 Å². The molecule has 0 bridgehead atoms. The highest BCUT2D eigenvalue weighted by Gasteiger charge is 2.18. The highest BCUT2D eigenvalue weighted by Crippen LogP contribution is 1.96. The predicted molar refractivity (Wildman–Crippen MR) is 90.0 cm³/mol. The molecule has 26 heavy (non-hydrogen) atoms. The van der Waals surface area contributed by atoms with Crippen molar-refractivity contribution in [1.29, 1.82) is 0 Å². The summed E-state index contributed by atoms with van der Waals surface area (Å²) < 4.78 is 19.2. The Morgan fingerprint density at radius 2 is 1.12 bits per heavy atom. The van der Waals surface area contributed by atoms with Crippen LogP contribution in [0.3, 0.4) is 0 Å². The Balaban J connectivity index is 4.23. The summed E-state index contributed by atoms with van der Waals surface area (Å²) in [7, 11) is 2.98. The lowest BCUT2D eigenvalue weighted by Gasteiger charge is -2.12. The number of hydrogen-bond acceptors (Lipinski definition) is 8. The van der Waals surface area contributed by atoms with Gasteiger partial charge in [-0.05, 0) is 13.8 Å². The lowest BCUT2D eigenvalue weighted by molar-refractivity contribution is -0.151.